The van der Waals surface area contributed by atoms with E-state index in [4.69, 9.17) is 4.74 Å². The highest BCUT2D eigenvalue weighted by atomic mass is 32.2. The Bertz CT molecular complexity index is 975. The minimum Gasteiger partial charge on any atom is -0.491 e. The molecule has 1 aliphatic heterocycles. The molecule has 2 aromatic rings. The van der Waals surface area contributed by atoms with Crippen LogP contribution in [0.4, 0.5) is 0 Å². The molecule has 0 spiro atoms. The van der Waals surface area contributed by atoms with Crippen LogP contribution in [-0.2, 0) is 23.6 Å². The Morgan fingerprint density at radius 1 is 1.23 bits per heavy atom. The van der Waals surface area contributed by atoms with Crippen molar-refractivity contribution >= 4 is 15.9 Å². The van der Waals surface area contributed by atoms with Gasteiger partial charge in [0.05, 0.1) is 11.7 Å². The number of sulfonamides is 1. The van der Waals surface area contributed by atoms with Crippen molar-refractivity contribution in [3.63, 3.8) is 0 Å². The lowest BCUT2D eigenvalue weighted by atomic mass is 10.0. The predicted octanol–water partition coefficient (Wildman–Crippen LogP) is 2.56. The van der Waals surface area contributed by atoms with Crippen LogP contribution in [0.25, 0.3) is 0 Å². The molecular formula is C21H30N4O4S. The zero-order valence-corrected chi connectivity index (χ0v) is 18.8. The molecule has 1 aromatic heterocycles. The zero-order valence-electron chi connectivity index (χ0n) is 18.0. The van der Waals surface area contributed by atoms with E-state index in [1.165, 1.54) is 15.2 Å². The number of hydrogen-bond acceptors (Lipinski definition) is 5. The summed E-state index contributed by atoms with van der Waals surface area (Å²) in [6.07, 6.45) is 3.16. The summed E-state index contributed by atoms with van der Waals surface area (Å²) in [4.78, 5) is 12.8. The van der Waals surface area contributed by atoms with Crippen LogP contribution in [0, 0.1) is 5.92 Å². The average molecular weight is 435 g/mol. The first-order chi connectivity index (χ1) is 14.2. The first-order valence-electron chi connectivity index (χ1n) is 10.2. The Balaban J connectivity index is 1.71. The van der Waals surface area contributed by atoms with E-state index in [-0.39, 0.29) is 23.2 Å². The fraction of sp³-hybridized carbons (Fsp3) is 0.524. The number of aromatic nitrogens is 2. The van der Waals surface area contributed by atoms with E-state index in [1.807, 2.05) is 38.1 Å². The van der Waals surface area contributed by atoms with Gasteiger partial charge in [0.15, 0.2) is 0 Å². The summed E-state index contributed by atoms with van der Waals surface area (Å²) >= 11 is 0. The molecule has 1 fully saturated rings. The Labute approximate surface area is 178 Å². The van der Waals surface area contributed by atoms with Crippen LogP contribution in [0.3, 0.4) is 0 Å². The van der Waals surface area contributed by atoms with Crippen LogP contribution >= 0.6 is 0 Å². The highest BCUT2D eigenvalue weighted by Crippen LogP contribution is 2.24. The van der Waals surface area contributed by atoms with Crippen molar-refractivity contribution < 1.29 is 17.9 Å². The number of hydrogen-bond donors (Lipinski definition) is 1. The molecule has 0 aliphatic carbocycles. The molecule has 30 heavy (non-hydrogen) atoms. The van der Waals surface area contributed by atoms with Crippen LogP contribution in [0.15, 0.2) is 35.5 Å². The summed E-state index contributed by atoms with van der Waals surface area (Å²) in [5.74, 6) is 0.798. The van der Waals surface area contributed by atoms with Crippen LogP contribution in [0.1, 0.15) is 49.5 Å². The van der Waals surface area contributed by atoms with Gasteiger partial charge in [0.1, 0.15) is 5.75 Å². The summed E-state index contributed by atoms with van der Waals surface area (Å²) in [5.41, 5.74) is 0.952. The second kappa shape index (κ2) is 9.18. The van der Waals surface area contributed by atoms with Crippen LogP contribution in [-0.4, -0.2) is 47.6 Å². The molecular weight excluding hydrogens is 404 g/mol. The summed E-state index contributed by atoms with van der Waals surface area (Å²) in [7, 11) is -2.20. The number of carbonyl (C=O) groups is 1. The number of nitrogens with one attached hydrogen (secondary N) is 1. The minimum atomic E-state index is -3.82. The average Bonchev–Trinajstić information content (AvgIpc) is 3.10. The molecule has 9 heteroatoms. The van der Waals surface area contributed by atoms with E-state index in [1.54, 1.807) is 7.05 Å². The SMILES string of the molecule is CC1CCN(S(=O)(=O)c2nn(C)cc2C(=O)NCc2ccc(OC(C)C)cc2)CC1. The molecule has 1 aliphatic rings. The lowest BCUT2D eigenvalue weighted by molar-refractivity contribution is 0.0947. The first kappa shape index (κ1) is 22.3. The van der Waals surface area contributed by atoms with Gasteiger partial charge in [0, 0.05) is 32.9 Å². The number of aryl methyl sites for hydroxylation is 1. The lowest BCUT2D eigenvalue weighted by Gasteiger charge is -2.28. The van der Waals surface area contributed by atoms with Crippen molar-refractivity contribution in [1.29, 1.82) is 0 Å². The topological polar surface area (TPSA) is 93.5 Å². The van der Waals surface area contributed by atoms with E-state index in [2.05, 4.69) is 17.3 Å². The van der Waals surface area contributed by atoms with Crippen LogP contribution < -0.4 is 10.1 Å². The monoisotopic (exact) mass is 434 g/mol. The Morgan fingerprint density at radius 3 is 2.47 bits per heavy atom. The normalized spacial score (nSPS) is 16.0. The van der Waals surface area contributed by atoms with Gasteiger partial charge in [-0.3, -0.25) is 9.48 Å². The van der Waals surface area contributed by atoms with Crippen molar-refractivity contribution in [2.45, 2.75) is 51.3 Å². The van der Waals surface area contributed by atoms with Gasteiger partial charge in [-0.15, -0.1) is 0 Å². The highest BCUT2D eigenvalue weighted by molar-refractivity contribution is 7.89. The minimum absolute atomic E-state index is 0.0656. The highest BCUT2D eigenvalue weighted by Gasteiger charge is 2.34. The third kappa shape index (κ3) is 5.20. The molecule has 0 radical (unpaired) electrons. The largest absolute Gasteiger partial charge is 0.491 e. The number of rotatable bonds is 7. The maximum atomic E-state index is 13.1. The number of piperidine rings is 1. The fourth-order valence-electron chi connectivity index (χ4n) is 3.40. The van der Waals surface area contributed by atoms with Crippen LogP contribution in [0.5, 0.6) is 5.75 Å². The molecule has 8 nitrogen and oxygen atoms in total. The standard InChI is InChI=1S/C21H30N4O4S/c1-15(2)29-18-7-5-17(6-8-18)13-22-20(26)19-14-24(4)23-21(19)30(27,28)25-11-9-16(3)10-12-25/h5-8,14-16H,9-13H2,1-4H3,(H,22,26). The Hall–Kier alpha value is -2.39. The Morgan fingerprint density at radius 2 is 1.87 bits per heavy atom. The molecule has 2 heterocycles. The fourth-order valence-corrected chi connectivity index (χ4v) is 4.99. The number of nitrogens with zero attached hydrogens (tertiary/aromatic N) is 3. The maximum Gasteiger partial charge on any atom is 0.263 e. The molecule has 0 saturated carbocycles. The number of carbonyl (C=O) groups excluding carboxylic acids is 1. The number of benzene rings is 1. The van der Waals surface area contributed by atoms with Crippen molar-refractivity contribution in [1.82, 2.24) is 19.4 Å². The number of amides is 1. The first-order valence-corrected chi connectivity index (χ1v) is 11.7. The summed E-state index contributed by atoms with van der Waals surface area (Å²) in [6.45, 7) is 7.20. The van der Waals surface area contributed by atoms with Gasteiger partial charge in [0.25, 0.3) is 15.9 Å². The summed E-state index contributed by atoms with van der Waals surface area (Å²) < 4.78 is 34.6. The quantitative estimate of drug-likeness (QED) is 0.723. The van der Waals surface area contributed by atoms with Gasteiger partial charge in [-0.2, -0.15) is 9.40 Å². The van der Waals surface area contributed by atoms with Gasteiger partial charge < -0.3 is 10.1 Å². The second-order valence-corrected chi connectivity index (χ2v) is 9.95. The molecule has 164 valence electrons. The molecule has 1 saturated heterocycles. The van der Waals surface area contributed by atoms with Crippen molar-refractivity contribution in [3.8, 4) is 5.75 Å². The van der Waals surface area contributed by atoms with E-state index >= 15 is 0 Å². The third-order valence-electron chi connectivity index (χ3n) is 5.11. The lowest BCUT2D eigenvalue weighted by Crippen LogP contribution is -2.39. The number of ether oxygens (including phenoxy) is 1. The van der Waals surface area contributed by atoms with E-state index < -0.39 is 15.9 Å². The van der Waals surface area contributed by atoms with Crippen molar-refractivity contribution in [2.75, 3.05) is 13.1 Å². The van der Waals surface area contributed by atoms with Gasteiger partial charge in [-0.05, 0) is 50.3 Å². The van der Waals surface area contributed by atoms with Gasteiger partial charge in [-0.1, -0.05) is 19.1 Å². The van der Waals surface area contributed by atoms with E-state index in [0.29, 0.717) is 19.0 Å². The molecule has 1 aromatic carbocycles. The van der Waals surface area contributed by atoms with Crippen LogP contribution in [0.2, 0.25) is 0 Å². The zero-order chi connectivity index (χ0) is 21.9. The van der Waals surface area contributed by atoms with Gasteiger partial charge in [0.2, 0.25) is 5.03 Å². The van der Waals surface area contributed by atoms with Crippen molar-refractivity contribution in [2.24, 2.45) is 13.0 Å². The summed E-state index contributed by atoms with van der Waals surface area (Å²) in [6, 6.07) is 7.43. The van der Waals surface area contributed by atoms with E-state index in [9.17, 15) is 13.2 Å². The molecule has 1 amide bonds. The molecule has 0 bridgehead atoms. The Kier molecular flexibility index (Phi) is 6.82. The second-order valence-electron chi connectivity index (χ2n) is 8.10. The summed E-state index contributed by atoms with van der Waals surface area (Å²) in [5, 5.41) is 6.71. The van der Waals surface area contributed by atoms with Gasteiger partial charge >= 0.3 is 0 Å². The molecule has 1 N–H and O–H groups in total. The maximum absolute atomic E-state index is 13.1. The smallest absolute Gasteiger partial charge is 0.263 e. The van der Waals surface area contributed by atoms with Gasteiger partial charge in [-0.25, -0.2) is 8.42 Å². The predicted molar refractivity (Wildman–Crippen MR) is 114 cm³/mol. The van der Waals surface area contributed by atoms with E-state index in [0.717, 1.165) is 24.2 Å². The molecule has 0 unspecified atom stereocenters. The molecule has 0 atom stereocenters. The third-order valence-corrected chi connectivity index (χ3v) is 6.95. The van der Waals surface area contributed by atoms with Crippen molar-refractivity contribution in [3.05, 3.63) is 41.6 Å². The molecule has 3 rings (SSSR count).